The Hall–Kier alpha value is -2.12. The molecule has 2 aliphatic heterocycles. The smallest absolute Gasteiger partial charge is 0.256 e. The van der Waals surface area contributed by atoms with Gasteiger partial charge in [-0.2, -0.15) is 0 Å². The van der Waals surface area contributed by atoms with Crippen LogP contribution in [-0.2, 0) is 14.2 Å². The molecule has 0 radical (unpaired) electrons. The number of ether oxygens (including phenoxy) is 3. The van der Waals surface area contributed by atoms with Gasteiger partial charge in [-0.1, -0.05) is 0 Å². The summed E-state index contributed by atoms with van der Waals surface area (Å²) in [5, 5.41) is 27.5. The predicted octanol–water partition coefficient (Wildman–Crippen LogP) is -0.0542. The molecule has 2 saturated heterocycles. The lowest BCUT2D eigenvalue weighted by atomic mass is 10.1. The minimum Gasteiger partial charge on any atom is -0.468 e. The summed E-state index contributed by atoms with van der Waals surface area (Å²) >= 11 is 5.10. The van der Waals surface area contributed by atoms with E-state index in [1.54, 1.807) is 4.57 Å². The van der Waals surface area contributed by atoms with Crippen LogP contribution in [0, 0.1) is 0 Å². The molecule has 12 heteroatoms. The third kappa shape index (κ3) is 4.32. The van der Waals surface area contributed by atoms with Crippen molar-refractivity contribution in [3.05, 3.63) is 12.7 Å². The van der Waals surface area contributed by atoms with Gasteiger partial charge in [0.15, 0.2) is 23.2 Å². The van der Waals surface area contributed by atoms with E-state index >= 15 is 0 Å². The number of anilines is 1. The number of nitrogens with one attached hydrogen (secondary N) is 2. The van der Waals surface area contributed by atoms with E-state index in [1.807, 2.05) is 13.8 Å². The van der Waals surface area contributed by atoms with Crippen molar-refractivity contribution >= 4 is 34.4 Å². The number of aromatic nitrogens is 4. The number of fused-ring (bicyclic) bond motifs is 1. The van der Waals surface area contributed by atoms with Gasteiger partial charge in [-0.25, -0.2) is 15.0 Å². The zero-order valence-corrected chi connectivity index (χ0v) is 17.6. The van der Waals surface area contributed by atoms with Crippen LogP contribution in [0.5, 0.6) is 0 Å². The number of nitrogens with zero attached hydrogens (tertiary/aromatic N) is 4. The molecular weight excluding hydrogens is 412 g/mol. The average molecular weight is 439 g/mol. The Bertz CT molecular complexity index is 889. The van der Waals surface area contributed by atoms with Gasteiger partial charge in [-0.15, -0.1) is 0 Å². The van der Waals surface area contributed by atoms with Gasteiger partial charge >= 0.3 is 0 Å². The number of aliphatic hydroxyl groups excluding tert-OH is 2. The normalized spacial score (nSPS) is 28.9. The van der Waals surface area contributed by atoms with Crippen LogP contribution in [-0.4, -0.2) is 85.1 Å². The van der Waals surface area contributed by atoms with E-state index in [-0.39, 0.29) is 23.9 Å². The highest BCUT2D eigenvalue weighted by Crippen LogP contribution is 2.32. The molecule has 164 valence electrons. The van der Waals surface area contributed by atoms with E-state index in [9.17, 15) is 10.2 Å². The highest BCUT2D eigenvalue weighted by molar-refractivity contribution is 7.80. The monoisotopic (exact) mass is 438 g/mol. The molecule has 0 saturated carbocycles. The first kappa shape index (κ1) is 21.1. The van der Waals surface area contributed by atoms with Gasteiger partial charge in [0.2, 0.25) is 0 Å². The van der Waals surface area contributed by atoms with Crippen molar-refractivity contribution in [3.63, 3.8) is 0 Å². The topological polar surface area (TPSA) is 136 Å². The van der Waals surface area contributed by atoms with Gasteiger partial charge in [0.25, 0.3) is 5.17 Å². The molecule has 0 unspecified atom stereocenters. The van der Waals surface area contributed by atoms with Crippen molar-refractivity contribution in [3.8, 4) is 0 Å². The van der Waals surface area contributed by atoms with Crippen LogP contribution in [0.2, 0.25) is 0 Å². The quantitative estimate of drug-likeness (QED) is 0.452. The van der Waals surface area contributed by atoms with Crippen molar-refractivity contribution in [1.29, 1.82) is 0 Å². The molecule has 0 amide bonds. The maximum Gasteiger partial charge on any atom is 0.256 e. The van der Waals surface area contributed by atoms with Gasteiger partial charge in [0, 0.05) is 12.6 Å². The Morgan fingerprint density at radius 2 is 2.17 bits per heavy atom. The van der Waals surface area contributed by atoms with Crippen molar-refractivity contribution in [2.24, 2.45) is 0 Å². The molecule has 0 aromatic carbocycles. The van der Waals surface area contributed by atoms with Crippen LogP contribution in [0.4, 0.5) is 5.82 Å². The molecule has 0 bridgehead atoms. The van der Waals surface area contributed by atoms with Crippen molar-refractivity contribution in [2.75, 3.05) is 25.1 Å². The van der Waals surface area contributed by atoms with Gasteiger partial charge in [0.1, 0.15) is 31.2 Å². The summed E-state index contributed by atoms with van der Waals surface area (Å²) in [6, 6.07) is 0.286. The lowest BCUT2D eigenvalue weighted by Crippen LogP contribution is -2.37. The van der Waals surface area contributed by atoms with E-state index < -0.39 is 24.5 Å². The van der Waals surface area contributed by atoms with E-state index in [0.717, 1.165) is 6.42 Å². The van der Waals surface area contributed by atoms with Crippen molar-refractivity contribution in [1.82, 2.24) is 24.8 Å². The first-order valence-corrected chi connectivity index (χ1v) is 10.3. The Balaban J connectivity index is 1.48. The molecule has 2 aromatic rings. The van der Waals surface area contributed by atoms with E-state index in [0.29, 0.717) is 30.2 Å². The molecular formula is C18H26N6O5S. The number of aliphatic hydroxyl groups is 2. The zero-order chi connectivity index (χ0) is 21.3. The van der Waals surface area contributed by atoms with Crippen LogP contribution in [0.3, 0.4) is 0 Å². The van der Waals surface area contributed by atoms with Crippen LogP contribution in [0.25, 0.3) is 11.2 Å². The first-order valence-electron chi connectivity index (χ1n) is 9.90. The molecule has 4 heterocycles. The highest BCUT2D eigenvalue weighted by atomic mass is 32.1. The van der Waals surface area contributed by atoms with Gasteiger partial charge in [-0.3, -0.25) is 4.57 Å². The maximum atomic E-state index is 10.6. The lowest BCUT2D eigenvalue weighted by Gasteiger charge is -2.18. The fourth-order valence-electron chi connectivity index (χ4n) is 3.52. The molecule has 0 aliphatic carbocycles. The molecule has 11 nitrogen and oxygen atoms in total. The summed E-state index contributed by atoms with van der Waals surface area (Å²) in [6.45, 7) is 5.19. The predicted molar refractivity (Wildman–Crippen MR) is 111 cm³/mol. The molecule has 2 aromatic heterocycles. The SMILES string of the molecule is CC(C)NC(=S)OC[C@H]1O[C@@H](n2cnc3c(N[C@@H]4CCOC4)ncnc32)[C@H](O)[C@@H]1O. The number of thiocarbonyl (C=S) groups is 1. The molecule has 0 spiro atoms. The van der Waals surface area contributed by atoms with E-state index in [2.05, 4.69) is 25.6 Å². The lowest BCUT2D eigenvalue weighted by molar-refractivity contribution is -0.0491. The number of imidazole rings is 1. The largest absolute Gasteiger partial charge is 0.468 e. The molecule has 5 atom stereocenters. The zero-order valence-electron chi connectivity index (χ0n) is 16.8. The number of hydrogen-bond acceptors (Lipinski definition) is 10. The summed E-state index contributed by atoms with van der Waals surface area (Å²) in [5.41, 5.74) is 1.04. The number of hydrogen-bond donors (Lipinski definition) is 4. The summed E-state index contributed by atoms with van der Waals surface area (Å²) in [5.74, 6) is 0.590. The Labute approximate surface area is 178 Å². The Morgan fingerprint density at radius 3 is 2.90 bits per heavy atom. The fourth-order valence-corrected chi connectivity index (χ4v) is 3.82. The van der Waals surface area contributed by atoms with Gasteiger partial charge < -0.3 is 35.1 Å². The van der Waals surface area contributed by atoms with Gasteiger partial charge in [-0.05, 0) is 32.5 Å². The maximum absolute atomic E-state index is 10.6. The molecule has 30 heavy (non-hydrogen) atoms. The fraction of sp³-hybridized carbons (Fsp3) is 0.667. The van der Waals surface area contributed by atoms with E-state index in [4.69, 9.17) is 26.4 Å². The van der Waals surface area contributed by atoms with Gasteiger partial charge in [0.05, 0.1) is 19.0 Å². The van der Waals surface area contributed by atoms with Crippen molar-refractivity contribution in [2.45, 2.75) is 56.9 Å². The average Bonchev–Trinajstić information content (AvgIpc) is 3.42. The summed E-state index contributed by atoms with van der Waals surface area (Å²) < 4.78 is 18.3. The molecule has 4 N–H and O–H groups in total. The second kappa shape index (κ2) is 8.94. The second-order valence-electron chi connectivity index (χ2n) is 7.69. The second-order valence-corrected chi connectivity index (χ2v) is 8.07. The molecule has 4 rings (SSSR count). The molecule has 2 fully saturated rings. The van der Waals surface area contributed by atoms with Crippen LogP contribution < -0.4 is 10.6 Å². The van der Waals surface area contributed by atoms with Crippen molar-refractivity contribution < 1.29 is 24.4 Å². The van der Waals surface area contributed by atoms with Crippen LogP contribution in [0.1, 0.15) is 26.5 Å². The van der Waals surface area contributed by atoms with E-state index in [1.165, 1.54) is 12.7 Å². The summed E-state index contributed by atoms with van der Waals surface area (Å²) in [6.07, 6.45) is -0.135. The third-order valence-electron chi connectivity index (χ3n) is 5.03. The van der Waals surface area contributed by atoms with Crippen LogP contribution in [0.15, 0.2) is 12.7 Å². The highest BCUT2D eigenvalue weighted by Gasteiger charge is 2.45. The molecule has 2 aliphatic rings. The number of rotatable bonds is 6. The minimum atomic E-state index is -1.18. The third-order valence-corrected chi connectivity index (χ3v) is 5.26. The summed E-state index contributed by atoms with van der Waals surface area (Å²) in [4.78, 5) is 13.0. The summed E-state index contributed by atoms with van der Waals surface area (Å²) in [7, 11) is 0. The minimum absolute atomic E-state index is 0.00335. The first-order chi connectivity index (χ1) is 14.4. The Morgan fingerprint density at radius 1 is 1.33 bits per heavy atom. The standard InChI is InChI=1S/C18H26N6O5S/c1-9(2)22-18(30)28-6-11-13(25)14(26)17(29-11)24-8-21-12-15(19-7-20-16(12)24)23-10-3-4-27-5-10/h7-11,13-14,17,25-26H,3-6H2,1-2H3,(H,22,30)(H,19,20,23)/t10-,11-,13-,14-,17-/m1/s1. The van der Waals surface area contributed by atoms with Crippen LogP contribution >= 0.6 is 12.2 Å². The Kier molecular flexibility index (Phi) is 6.29.